The van der Waals surface area contributed by atoms with Crippen LogP contribution in [-0.4, -0.2) is 22.0 Å². The minimum Gasteiger partial charge on any atom is -0.308 e. The van der Waals surface area contributed by atoms with Crippen LogP contribution in [0.5, 0.6) is 0 Å². The van der Waals surface area contributed by atoms with Crippen molar-refractivity contribution in [3.8, 4) is 0 Å². The summed E-state index contributed by atoms with van der Waals surface area (Å²) in [6.45, 7) is 0. The molecular weight excluding hydrogens is 337 g/mol. The number of benzene rings is 1. The maximum atomic E-state index is 12.8. The van der Waals surface area contributed by atoms with Gasteiger partial charge in [0.1, 0.15) is 0 Å². The number of hydrogen-bond donors (Lipinski definition) is 1. The van der Waals surface area contributed by atoms with E-state index >= 15 is 0 Å². The van der Waals surface area contributed by atoms with Crippen LogP contribution < -0.4 is 5.32 Å². The Kier molecular flexibility index (Phi) is 4.14. The molecule has 20 heavy (non-hydrogen) atoms. The summed E-state index contributed by atoms with van der Waals surface area (Å²) in [6.07, 6.45) is -2.85. The van der Waals surface area contributed by atoms with E-state index < -0.39 is 17.8 Å². The molecule has 0 saturated heterocycles. The van der Waals surface area contributed by atoms with Gasteiger partial charge in [-0.3, -0.25) is 4.68 Å². The van der Waals surface area contributed by atoms with Gasteiger partial charge in [0.15, 0.2) is 0 Å². The standard InChI is InChI=1S/C12H12BrF3N4/c1-17-11(10-6-18-19-20(10)2)8-5-7(12(14,15)16)3-4-9(8)13/h3-6,11,17H,1-2H3. The van der Waals surface area contributed by atoms with E-state index in [1.165, 1.54) is 16.9 Å². The average molecular weight is 349 g/mol. The minimum absolute atomic E-state index is 0.438. The van der Waals surface area contributed by atoms with Crippen molar-refractivity contribution < 1.29 is 13.2 Å². The maximum absolute atomic E-state index is 12.8. The van der Waals surface area contributed by atoms with E-state index in [0.717, 1.165) is 12.1 Å². The lowest BCUT2D eigenvalue weighted by Crippen LogP contribution is -2.21. The molecule has 1 N–H and O–H groups in total. The van der Waals surface area contributed by atoms with Crippen LogP contribution in [0.2, 0.25) is 0 Å². The molecule has 4 nitrogen and oxygen atoms in total. The Balaban J connectivity index is 2.52. The Hall–Kier alpha value is -1.41. The first-order valence-corrected chi connectivity index (χ1v) is 6.52. The van der Waals surface area contributed by atoms with Gasteiger partial charge in [-0.1, -0.05) is 21.1 Å². The molecule has 1 unspecified atom stereocenters. The zero-order valence-corrected chi connectivity index (χ0v) is 12.3. The lowest BCUT2D eigenvalue weighted by molar-refractivity contribution is -0.137. The second kappa shape index (κ2) is 5.53. The van der Waals surface area contributed by atoms with Gasteiger partial charge in [0.2, 0.25) is 0 Å². The topological polar surface area (TPSA) is 42.7 Å². The Bertz CT molecular complexity index is 609. The second-order valence-corrected chi connectivity index (χ2v) is 5.09. The third-order valence-electron chi connectivity index (χ3n) is 2.97. The van der Waals surface area contributed by atoms with Gasteiger partial charge in [-0.25, -0.2) is 0 Å². The van der Waals surface area contributed by atoms with Gasteiger partial charge in [0.05, 0.1) is 23.5 Å². The van der Waals surface area contributed by atoms with E-state index in [2.05, 4.69) is 31.6 Å². The summed E-state index contributed by atoms with van der Waals surface area (Å²) in [5.74, 6) is 0. The number of alkyl halides is 3. The molecule has 0 saturated carbocycles. The number of rotatable bonds is 3. The molecule has 0 fully saturated rings. The normalized spacial score (nSPS) is 13.5. The summed E-state index contributed by atoms with van der Waals surface area (Å²) in [7, 11) is 3.36. The van der Waals surface area contributed by atoms with Crippen molar-refractivity contribution in [3.05, 3.63) is 45.7 Å². The second-order valence-electron chi connectivity index (χ2n) is 4.24. The van der Waals surface area contributed by atoms with Crippen molar-refractivity contribution in [3.63, 3.8) is 0 Å². The molecule has 2 aromatic rings. The fourth-order valence-electron chi connectivity index (χ4n) is 1.96. The van der Waals surface area contributed by atoms with Gasteiger partial charge in [-0.2, -0.15) is 13.2 Å². The quantitative estimate of drug-likeness (QED) is 0.927. The van der Waals surface area contributed by atoms with Crippen LogP contribution in [0.1, 0.15) is 22.9 Å². The first-order valence-electron chi connectivity index (χ1n) is 5.73. The zero-order chi connectivity index (χ0) is 14.9. The molecule has 1 heterocycles. The van der Waals surface area contributed by atoms with E-state index in [0.29, 0.717) is 15.7 Å². The third-order valence-corrected chi connectivity index (χ3v) is 3.69. The fraction of sp³-hybridized carbons (Fsp3) is 0.333. The molecular formula is C12H12BrF3N4. The molecule has 0 aliphatic rings. The third kappa shape index (κ3) is 2.85. The molecule has 0 spiro atoms. The van der Waals surface area contributed by atoms with Crippen LogP contribution in [0, 0.1) is 0 Å². The summed E-state index contributed by atoms with van der Waals surface area (Å²) in [5.41, 5.74) is 0.464. The molecule has 108 valence electrons. The highest BCUT2D eigenvalue weighted by molar-refractivity contribution is 9.10. The monoisotopic (exact) mass is 348 g/mol. The highest BCUT2D eigenvalue weighted by Gasteiger charge is 2.32. The lowest BCUT2D eigenvalue weighted by atomic mass is 10.0. The molecule has 0 aliphatic carbocycles. The first-order chi connectivity index (χ1) is 9.34. The van der Waals surface area contributed by atoms with Crippen molar-refractivity contribution in [2.75, 3.05) is 7.05 Å². The fourth-order valence-corrected chi connectivity index (χ4v) is 2.44. The van der Waals surface area contributed by atoms with Crippen LogP contribution >= 0.6 is 15.9 Å². The van der Waals surface area contributed by atoms with Crippen LogP contribution in [-0.2, 0) is 13.2 Å². The summed E-state index contributed by atoms with van der Waals surface area (Å²) in [4.78, 5) is 0. The SMILES string of the molecule is CNC(c1cc(C(F)(F)F)ccc1Br)c1cnnn1C. The van der Waals surface area contributed by atoms with E-state index in [4.69, 9.17) is 0 Å². The number of aryl methyl sites for hydroxylation is 1. The number of hydrogen-bond acceptors (Lipinski definition) is 3. The first kappa shape index (κ1) is 15.0. The Morgan fingerprint density at radius 1 is 1.35 bits per heavy atom. The van der Waals surface area contributed by atoms with Gasteiger partial charge in [0, 0.05) is 11.5 Å². The maximum Gasteiger partial charge on any atom is 0.416 e. The smallest absolute Gasteiger partial charge is 0.308 e. The van der Waals surface area contributed by atoms with E-state index in [-0.39, 0.29) is 0 Å². The molecule has 1 aromatic carbocycles. The predicted molar refractivity (Wildman–Crippen MR) is 71.0 cm³/mol. The highest BCUT2D eigenvalue weighted by atomic mass is 79.9. The zero-order valence-electron chi connectivity index (χ0n) is 10.7. The van der Waals surface area contributed by atoms with Gasteiger partial charge in [-0.15, -0.1) is 5.10 Å². The molecule has 0 aliphatic heterocycles. The average Bonchev–Trinajstić information content (AvgIpc) is 2.78. The Labute approximate surface area is 122 Å². The van der Waals surface area contributed by atoms with Gasteiger partial charge in [-0.05, 0) is 30.8 Å². The predicted octanol–water partition coefficient (Wildman–Crippen LogP) is 2.91. The van der Waals surface area contributed by atoms with E-state index in [1.807, 2.05) is 0 Å². The van der Waals surface area contributed by atoms with Crippen LogP contribution in [0.15, 0.2) is 28.9 Å². The Morgan fingerprint density at radius 2 is 2.05 bits per heavy atom. The van der Waals surface area contributed by atoms with Gasteiger partial charge in [0.25, 0.3) is 0 Å². The van der Waals surface area contributed by atoms with Crippen LogP contribution in [0.3, 0.4) is 0 Å². The molecule has 0 bridgehead atoms. The number of nitrogens with one attached hydrogen (secondary N) is 1. The highest BCUT2D eigenvalue weighted by Crippen LogP contribution is 2.35. The molecule has 8 heteroatoms. The number of nitrogens with zero attached hydrogens (tertiary/aromatic N) is 3. The summed E-state index contributed by atoms with van der Waals surface area (Å²) in [5, 5.41) is 10.5. The molecule has 1 aromatic heterocycles. The summed E-state index contributed by atoms with van der Waals surface area (Å²) >= 11 is 3.29. The van der Waals surface area contributed by atoms with Crippen LogP contribution in [0.25, 0.3) is 0 Å². The minimum atomic E-state index is -4.38. The van der Waals surface area contributed by atoms with Crippen molar-refractivity contribution in [2.45, 2.75) is 12.2 Å². The van der Waals surface area contributed by atoms with Crippen LogP contribution in [0.4, 0.5) is 13.2 Å². The Morgan fingerprint density at radius 3 is 2.55 bits per heavy atom. The lowest BCUT2D eigenvalue weighted by Gasteiger charge is -2.19. The summed E-state index contributed by atoms with van der Waals surface area (Å²) < 4.78 is 40.6. The van der Waals surface area contributed by atoms with Crippen molar-refractivity contribution in [2.24, 2.45) is 7.05 Å². The van der Waals surface area contributed by atoms with Crippen molar-refractivity contribution in [1.82, 2.24) is 20.3 Å². The molecule has 0 radical (unpaired) electrons. The van der Waals surface area contributed by atoms with E-state index in [9.17, 15) is 13.2 Å². The van der Waals surface area contributed by atoms with Crippen molar-refractivity contribution >= 4 is 15.9 Å². The van der Waals surface area contributed by atoms with Gasteiger partial charge >= 0.3 is 6.18 Å². The van der Waals surface area contributed by atoms with E-state index in [1.54, 1.807) is 14.1 Å². The molecule has 2 rings (SSSR count). The molecule has 0 amide bonds. The van der Waals surface area contributed by atoms with Gasteiger partial charge < -0.3 is 5.32 Å². The largest absolute Gasteiger partial charge is 0.416 e. The number of aromatic nitrogens is 3. The van der Waals surface area contributed by atoms with Crippen molar-refractivity contribution in [1.29, 1.82) is 0 Å². The number of halogens is 4. The molecule has 1 atom stereocenters. The summed E-state index contributed by atoms with van der Waals surface area (Å²) in [6, 6.07) is 3.12.